The Kier molecular flexibility index (Phi) is 13.1. The van der Waals surface area contributed by atoms with Gasteiger partial charge < -0.3 is 56.2 Å². The zero-order valence-corrected chi connectivity index (χ0v) is 32.9. The van der Waals surface area contributed by atoms with Gasteiger partial charge in [0.25, 0.3) is 0 Å². The Balaban J connectivity index is 0.690. The van der Waals surface area contributed by atoms with Crippen molar-refractivity contribution in [3.8, 4) is 46.0 Å². The monoisotopic (exact) mass is 846 g/mol. The number of unbranched alkanes of at least 4 members (excludes halogenated alkanes) is 1. The molecule has 0 aliphatic carbocycles. The minimum absolute atomic E-state index is 0.126. The minimum atomic E-state index is -0.788. The van der Waals surface area contributed by atoms with Gasteiger partial charge in [0.2, 0.25) is 23.0 Å². The smallest absolute Gasteiger partial charge is 0.379 e. The third kappa shape index (κ3) is 12.0. The van der Waals surface area contributed by atoms with E-state index in [4.69, 9.17) is 56.2 Å². The van der Waals surface area contributed by atoms with Crippen molar-refractivity contribution >= 4 is 23.9 Å². The molecule has 16 heteroatoms. The Morgan fingerprint density at radius 1 is 0.371 bits per heavy atom. The summed E-state index contributed by atoms with van der Waals surface area (Å²) >= 11 is 0. The highest BCUT2D eigenvalue weighted by atomic mass is 16.6. The van der Waals surface area contributed by atoms with Crippen molar-refractivity contribution in [3.05, 3.63) is 144 Å². The van der Waals surface area contributed by atoms with Crippen molar-refractivity contribution in [2.75, 3.05) is 39.6 Å². The number of furan rings is 2. The van der Waals surface area contributed by atoms with Crippen LogP contribution in [0.1, 0.15) is 55.1 Å². The summed E-state index contributed by atoms with van der Waals surface area (Å²) in [6, 6.07) is 31.3. The fourth-order valence-electron chi connectivity index (χ4n) is 5.45. The molecule has 0 bridgehead atoms. The maximum absolute atomic E-state index is 12.7. The maximum atomic E-state index is 12.7. The molecule has 2 unspecified atom stereocenters. The molecule has 0 saturated carbocycles. The second-order valence-corrected chi connectivity index (χ2v) is 13.7. The van der Waals surface area contributed by atoms with Crippen molar-refractivity contribution < 1.29 is 75.4 Å². The molecule has 2 aliphatic heterocycles. The minimum Gasteiger partial charge on any atom is -0.494 e. The first-order valence-electron chi connectivity index (χ1n) is 19.5. The molecule has 2 fully saturated rings. The van der Waals surface area contributed by atoms with Gasteiger partial charge in [-0.15, -0.1) is 0 Å². The van der Waals surface area contributed by atoms with Gasteiger partial charge in [-0.1, -0.05) is 0 Å². The number of hydrogen-bond donors (Lipinski definition) is 0. The fourth-order valence-corrected chi connectivity index (χ4v) is 5.45. The Hall–Kier alpha value is -7.56. The molecule has 0 N–H and O–H groups in total. The normalized spacial score (nSPS) is 14.8. The largest absolute Gasteiger partial charge is 0.494 e. The zero-order chi connectivity index (χ0) is 42.7. The molecule has 4 heterocycles. The summed E-state index contributed by atoms with van der Waals surface area (Å²) in [6.45, 7) is 3.14. The van der Waals surface area contributed by atoms with Crippen LogP contribution in [0, 0.1) is 0 Å². The number of epoxide rings is 2. The summed E-state index contributed by atoms with van der Waals surface area (Å²) in [5, 5.41) is 0. The quantitative estimate of drug-likeness (QED) is 0.0298. The van der Waals surface area contributed by atoms with E-state index in [-0.39, 0.29) is 58.2 Å². The van der Waals surface area contributed by atoms with Crippen LogP contribution in [-0.2, 0) is 9.47 Å². The third-order valence-corrected chi connectivity index (χ3v) is 8.91. The van der Waals surface area contributed by atoms with Crippen LogP contribution in [-0.4, -0.2) is 75.7 Å². The van der Waals surface area contributed by atoms with Gasteiger partial charge in [0.05, 0.1) is 26.4 Å². The molecule has 6 aromatic rings. The number of carbonyl (C=O) groups is 4. The lowest BCUT2D eigenvalue weighted by Gasteiger charge is -2.09. The van der Waals surface area contributed by atoms with E-state index in [0.29, 0.717) is 75.5 Å². The molecule has 318 valence electrons. The average molecular weight is 847 g/mol. The molecule has 16 nitrogen and oxygen atoms in total. The first-order chi connectivity index (χ1) is 30.3. The molecule has 0 amide bonds. The highest BCUT2D eigenvalue weighted by molar-refractivity contribution is 5.93. The predicted molar refractivity (Wildman–Crippen MR) is 214 cm³/mol. The summed E-state index contributed by atoms with van der Waals surface area (Å²) in [5.41, 5.74) is 0. The van der Waals surface area contributed by atoms with Crippen LogP contribution in [0.4, 0.5) is 0 Å². The van der Waals surface area contributed by atoms with Gasteiger partial charge in [-0.25, -0.2) is 19.2 Å². The molecule has 62 heavy (non-hydrogen) atoms. The van der Waals surface area contributed by atoms with Gasteiger partial charge in [0, 0.05) is 0 Å². The van der Waals surface area contributed by atoms with Crippen molar-refractivity contribution in [2.24, 2.45) is 0 Å². The van der Waals surface area contributed by atoms with E-state index in [2.05, 4.69) is 0 Å². The van der Waals surface area contributed by atoms with E-state index in [9.17, 15) is 19.2 Å². The number of carbonyl (C=O) groups excluding carboxylic acids is 4. The average Bonchev–Trinajstić information content (AvgIpc) is 4.20. The molecule has 2 atom stereocenters. The Morgan fingerprint density at radius 2 is 0.613 bits per heavy atom. The Labute approximate surface area is 353 Å². The van der Waals surface area contributed by atoms with Gasteiger partial charge in [-0.2, -0.15) is 0 Å². The topological polar surface area (TPSA) is 193 Å². The van der Waals surface area contributed by atoms with Crippen molar-refractivity contribution in [1.82, 2.24) is 0 Å². The van der Waals surface area contributed by atoms with Crippen LogP contribution in [0.2, 0.25) is 0 Å². The molecule has 2 aromatic heterocycles. The first kappa shape index (κ1) is 41.2. The van der Waals surface area contributed by atoms with Crippen LogP contribution in [0.25, 0.3) is 0 Å². The Bertz CT molecular complexity index is 2270. The number of ether oxygens (including phenoxy) is 10. The van der Waals surface area contributed by atoms with E-state index in [1.807, 2.05) is 0 Å². The van der Waals surface area contributed by atoms with E-state index in [0.717, 1.165) is 0 Å². The van der Waals surface area contributed by atoms with Crippen LogP contribution in [0.3, 0.4) is 0 Å². The maximum Gasteiger partial charge on any atom is 0.379 e. The van der Waals surface area contributed by atoms with Gasteiger partial charge in [0.15, 0.2) is 0 Å². The molecule has 2 saturated heterocycles. The van der Waals surface area contributed by atoms with Gasteiger partial charge in [0.1, 0.15) is 71.4 Å². The lowest BCUT2D eigenvalue weighted by molar-refractivity contribution is 0.0653. The van der Waals surface area contributed by atoms with E-state index < -0.39 is 23.9 Å². The molecule has 8 rings (SSSR count). The number of rotatable bonds is 21. The molecule has 0 radical (unpaired) electrons. The predicted octanol–water partition coefficient (Wildman–Crippen LogP) is 7.54. The van der Waals surface area contributed by atoms with Gasteiger partial charge >= 0.3 is 23.9 Å². The lowest BCUT2D eigenvalue weighted by Crippen LogP contribution is -2.09. The molecular formula is C46H38O16. The number of esters is 4. The highest BCUT2D eigenvalue weighted by Gasteiger charge is 2.25. The van der Waals surface area contributed by atoms with Crippen LogP contribution >= 0.6 is 0 Å². The number of benzene rings is 4. The molecule has 4 aromatic carbocycles. The first-order valence-corrected chi connectivity index (χ1v) is 19.5. The summed E-state index contributed by atoms with van der Waals surface area (Å²) < 4.78 is 65.2. The highest BCUT2D eigenvalue weighted by Crippen LogP contribution is 2.25. The van der Waals surface area contributed by atoms with Gasteiger partial charge in [-0.05, 0) is 134 Å². The lowest BCUT2D eigenvalue weighted by atomic mass is 10.3. The van der Waals surface area contributed by atoms with Gasteiger partial charge in [-0.3, -0.25) is 0 Å². The third-order valence-electron chi connectivity index (χ3n) is 8.91. The number of hydrogen-bond acceptors (Lipinski definition) is 16. The zero-order valence-electron chi connectivity index (χ0n) is 32.9. The van der Waals surface area contributed by atoms with Crippen molar-refractivity contribution in [2.45, 2.75) is 25.0 Å². The van der Waals surface area contributed by atoms with Crippen LogP contribution in [0.15, 0.2) is 130 Å². The SMILES string of the molecule is O=C(Oc1ccc(OCCCCOc2ccc(OC(=O)c3ccc(C(=O)Oc4ccc(OCC5CO5)cc4)o3)cc2)cc1)c1ccc(C(=O)Oc2ccc(OCC3CO3)cc2)o1. The second-order valence-electron chi connectivity index (χ2n) is 13.7. The van der Waals surface area contributed by atoms with Crippen LogP contribution < -0.4 is 37.9 Å². The Morgan fingerprint density at radius 3 is 0.871 bits per heavy atom. The van der Waals surface area contributed by atoms with Crippen LogP contribution in [0.5, 0.6) is 46.0 Å². The van der Waals surface area contributed by atoms with Crippen molar-refractivity contribution in [1.29, 1.82) is 0 Å². The van der Waals surface area contributed by atoms with E-state index >= 15 is 0 Å². The summed E-state index contributed by atoms with van der Waals surface area (Å²) in [5.74, 6) is -0.327. The standard InChI is InChI=1S/C46H38O16/c47-43(39-19-21-41(61-39)45(49)59-35-15-7-31(8-16-35)53-25-37-27-55-37)57-33-11-3-29(4-12-33)51-23-1-2-24-52-30-5-13-34(14-6-30)58-44(48)40-20-22-42(62-40)46(50)60-36-17-9-32(10-18-36)54-26-38-28-56-38/h3-22,37-38H,1-2,23-28H2. The second kappa shape index (κ2) is 19.7. The molecule has 0 spiro atoms. The summed E-state index contributed by atoms with van der Waals surface area (Å²) in [4.78, 5) is 50.4. The van der Waals surface area contributed by atoms with E-state index in [1.165, 1.54) is 24.3 Å². The summed E-state index contributed by atoms with van der Waals surface area (Å²) in [6.07, 6.45) is 1.65. The molecular weight excluding hydrogens is 808 g/mol. The fraction of sp³-hybridized carbons (Fsp3) is 0.217. The summed E-state index contributed by atoms with van der Waals surface area (Å²) in [7, 11) is 0. The molecule has 2 aliphatic rings. The van der Waals surface area contributed by atoms with E-state index in [1.54, 1.807) is 97.1 Å². The van der Waals surface area contributed by atoms with Crippen molar-refractivity contribution in [3.63, 3.8) is 0 Å².